The third-order valence-electron chi connectivity index (χ3n) is 5.70. The Balaban J connectivity index is 2.02. The number of hydrogen-bond donors (Lipinski definition) is 0. The molecule has 0 fully saturated rings. The van der Waals surface area contributed by atoms with E-state index in [-0.39, 0.29) is 17.8 Å². The second kappa shape index (κ2) is 11.6. The van der Waals surface area contributed by atoms with Gasteiger partial charge in [0.15, 0.2) is 5.76 Å². The summed E-state index contributed by atoms with van der Waals surface area (Å²) >= 11 is 6.67. The fourth-order valence-electron chi connectivity index (χ4n) is 3.85. The summed E-state index contributed by atoms with van der Waals surface area (Å²) in [6, 6.07) is 17.7. The molecule has 1 atom stereocenters. The highest BCUT2D eigenvalue weighted by molar-refractivity contribution is 6.33. The van der Waals surface area contributed by atoms with E-state index in [1.54, 1.807) is 31.9 Å². The van der Waals surface area contributed by atoms with E-state index in [1.165, 1.54) is 5.56 Å². The summed E-state index contributed by atoms with van der Waals surface area (Å²) in [5, 5.41) is 4.92. The van der Waals surface area contributed by atoms with Gasteiger partial charge in [-0.2, -0.15) is 5.10 Å². The Hall–Kier alpha value is -3.38. The maximum absolute atomic E-state index is 12.6. The summed E-state index contributed by atoms with van der Waals surface area (Å²) in [4.78, 5) is 16.9. The van der Waals surface area contributed by atoms with E-state index in [1.807, 2.05) is 49.4 Å². The van der Waals surface area contributed by atoms with Gasteiger partial charge in [0.2, 0.25) is 6.29 Å². The van der Waals surface area contributed by atoms with Crippen LogP contribution >= 0.6 is 11.6 Å². The first-order valence-electron chi connectivity index (χ1n) is 11.9. The minimum absolute atomic E-state index is 0.0184. The molecule has 2 aromatic carbocycles. The molecule has 7 heteroatoms. The highest BCUT2D eigenvalue weighted by atomic mass is 35.5. The Morgan fingerprint density at radius 2 is 1.75 bits per heavy atom. The number of aliphatic imine (C=N–C) groups is 1. The minimum Gasteiger partial charge on any atom is -0.452 e. The largest absolute Gasteiger partial charge is 0.452 e. The lowest BCUT2D eigenvalue weighted by Crippen LogP contribution is -2.20. The van der Waals surface area contributed by atoms with Crippen LogP contribution in [0.1, 0.15) is 55.8 Å². The Bertz CT molecular complexity index is 1250. The molecule has 3 aromatic rings. The maximum atomic E-state index is 12.6. The van der Waals surface area contributed by atoms with Gasteiger partial charge in [-0.3, -0.25) is 14.5 Å². The van der Waals surface area contributed by atoms with Crippen molar-refractivity contribution in [3.8, 4) is 0 Å². The van der Waals surface area contributed by atoms with Crippen molar-refractivity contribution in [3.05, 3.63) is 87.7 Å². The van der Waals surface area contributed by atoms with Crippen LogP contribution in [0, 0.1) is 6.92 Å². The number of benzene rings is 2. The summed E-state index contributed by atoms with van der Waals surface area (Å²) in [6.45, 7) is 10.0. The number of hydrogen-bond acceptors (Lipinski definition) is 5. The van der Waals surface area contributed by atoms with Crippen LogP contribution in [0.15, 0.2) is 59.6 Å². The van der Waals surface area contributed by atoms with Crippen molar-refractivity contribution >= 4 is 35.1 Å². The summed E-state index contributed by atoms with van der Waals surface area (Å²) in [6.07, 6.45) is 0.992. The van der Waals surface area contributed by atoms with Crippen LogP contribution in [-0.2, 0) is 33.2 Å². The summed E-state index contributed by atoms with van der Waals surface area (Å²) < 4.78 is 13.6. The Labute approximate surface area is 218 Å². The van der Waals surface area contributed by atoms with E-state index in [0.29, 0.717) is 27.7 Å². The van der Waals surface area contributed by atoms with Crippen molar-refractivity contribution in [2.45, 2.75) is 52.7 Å². The van der Waals surface area contributed by atoms with Crippen molar-refractivity contribution in [1.82, 2.24) is 9.78 Å². The third-order valence-corrected chi connectivity index (χ3v) is 6.15. The number of aryl methyl sites for hydroxylation is 2. The highest BCUT2D eigenvalue weighted by Gasteiger charge is 2.25. The number of allylic oxidation sites excluding steroid dienone is 1. The van der Waals surface area contributed by atoms with Gasteiger partial charge in [-0.25, -0.2) is 0 Å². The molecular weight excluding hydrogens is 474 g/mol. The zero-order chi connectivity index (χ0) is 26.5. The molecule has 1 heterocycles. The van der Waals surface area contributed by atoms with E-state index in [2.05, 4.69) is 43.0 Å². The molecule has 0 aliphatic heterocycles. The van der Waals surface area contributed by atoms with Crippen molar-refractivity contribution in [3.63, 3.8) is 0 Å². The van der Waals surface area contributed by atoms with Gasteiger partial charge in [0.25, 0.3) is 0 Å². The molecule has 190 valence electrons. The lowest BCUT2D eigenvalue weighted by atomic mass is 9.86. The lowest BCUT2D eigenvalue weighted by Gasteiger charge is -2.22. The number of esters is 1. The van der Waals surface area contributed by atoms with Gasteiger partial charge < -0.3 is 9.47 Å². The van der Waals surface area contributed by atoms with E-state index < -0.39 is 6.29 Å². The fraction of sp³-hybridized carbons (Fsp3) is 0.345. The Morgan fingerprint density at radius 3 is 2.28 bits per heavy atom. The second-order valence-electron chi connectivity index (χ2n) is 9.67. The van der Waals surface area contributed by atoms with Crippen LogP contribution in [0.4, 0.5) is 0 Å². The molecule has 0 spiro atoms. The van der Waals surface area contributed by atoms with Gasteiger partial charge >= 0.3 is 5.97 Å². The first kappa shape index (κ1) is 27.2. The monoisotopic (exact) mass is 507 g/mol. The van der Waals surface area contributed by atoms with E-state index in [0.717, 1.165) is 11.1 Å². The van der Waals surface area contributed by atoms with Crippen LogP contribution < -0.4 is 0 Å². The van der Waals surface area contributed by atoms with Gasteiger partial charge in [-0.1, -0.05) is 87.0 Å². The minimum atomic E-state index is -0.878. The molecular formula is C29H34ClN3O3. The van der Waals surface area contributed by atoms with Gasteiger partial charge in [0, 0.05) is 32.8 Å². The number of aromatic nitrogens is 2. The third kappa shape index (κ3) is 6.64. The molecule has 1 aromatic heterocycles. The molecule has 0 radical (unpaired) electrons. The fourth-order valence-corrected chi connectivity index (χ4v) is 4.09. The molecule has 0 bridgehead atoms. The SMILES string of the molecule is C/N=C\C(=C(\OC(C)OC(=O)Cc1ccccc1)c1c(Cl)c(C)nn1C)c1ccc(C(C)(C)C)cc1. The molecule has 1 unspecified atom stereocenters. The molecule has 3 rings (SSSR count). The smallest absolute Gasteiger partial charge is 0.313 e. The lowest BCUT2D eigenvalue weighted by molar-refractivity contribution is -0.163. The zero-order valence-electron chi connectivity index (χ0n) is 22.0. The summed E-state index contributed by atoms with van der Waals surface area (Å²) in [5.74, 6) is 0.0396. The van der Waals surface area contributed by atoms with Gasteiger partial charge in [-0.05, 0) is 29.0 Å². The predicted molar refractivity (Wildman–Crippen MR) is 146 cm³/mol. The number of ether oxygens (including phenoxy) is 2. The summed E-state index contributed by atoms with van der Waals surface area (Å²) in [7, 11) is 3.49. The first-order valence-corrected chi connectivity index (χ1v) is 12.3. The van der Waals surface area contributed by atoms with Crippen LogP contribution in [0.3, 0.4) is 0 Å². The number of carbonyl (C=O) groups excluding carboxylic acids is 1. The van der Waals surface area contributed by atoms with E-state index >= 15 is 0 Å². The molecule has 0 aliphatic carbocycles. The average molecular weight is 508 g/mol. The van der Waals surface area contributed by atoms with Crippen LogP contribution in [0.5, 0.6) is 0 Å². The van der Waals surface area contributed by atoms with Crippen molar-refractivity contribution in [2.75, 3.05) is 7.05 Å². The van der Waals surface area contributed by atoms with E-state index in [9.17, 15) is 4.79 Å². The topological polar surface area (TPSA) is 65.7 Å². The molecule has 36 heavy (non-hydrogen) atoms. The van der Waals surface area contributed by atoms with Crippen LogP contribution in [-0.4, -0.2) is 35.3 Å². The van der Waals surface area contributed by atoms with Crippen LogP contribution in [0.2, 0.25) is 5.02 Å². The number of halogens is 1. The van der Waals surface area contributed by atoms with Crippen LogP contribution in [0.25, 0.3) is 11.3 Å². The van der Waals surface area contributed by atoms with Crippen molar-refractivity contribution < 1.29 is 14.3 Å². The van der Waals surface area contributed by atoms with E-state index in [4.69, 9.17) is 21.1 Å². The van der Waals surface area contributed by atoms with Crippen molar-refractivity contribution in [2.24, 2.45) is 12.0 Å². The normalized spacial score (nSPS) is 13.4. The second-order valence-corrected chi connectivity index (χ2v) is 10.0. The molecule has 6 nitrogen and oxygen atoms in total. The Kier molecular flexibility index (Phi) is 8.75. The van der Waals surface area contributed by atoms with Gasteiger partial charge in [0.1, 0.15) is 5.69 Å². The van der Waals surface area contributed by atoms with Crippen molar-refractivity contribution in [1.29, 1.82) is 0 Å². The first-order chi connectivity index (χ1) is 17.0. The average Bonchev–Trinajstić information content (AvgIpc) is 3.07. The standard InChI is InChI=1S/C29H34ClN3O3/c1-19-26(30)27(33(7)32-19)28(36-20(2)35-25(34)17-21-11-9-8-10-12-21)24(18-31-6)22-13-15-23(16-14-22)29(3,4)5/h8-16,18,20H,17H2,1-7H3/b28-24-,31-18-. The number of rotatable bonds is 8. The predicted octanol–water partition coefficient (Wildman–Crippen LogP) is 6.40. The number of carbonyl (C=O) groups is 1. The number of nitrogens with zero attached hydrogens (tertiary/aromatic N) is 3. The molecule has 0 saturated heterocycles. The highest BCUT2D eigenvalue weighted by Crippen LogP contribution is 2.34. The Morgan fingerprint density at radius 1 is 1.11 bits per heavy atom. The van der Waals surface area contributed by atoms with Gasteiger partial charge in [-0.15, -0.1) is 0 Å². The van der Waals surface area contributed by atoms with Gasteiger partial charge in [0.05, 0.1) is 17.1 Å². The molecule has 0 aliphatic rings. The zero-order valence-corrected chi connectivity index (χ0v) is 22.8. The molecule has 0 N–H and O–H groups in total. The maximum Gasteiger partial charge on any atom is 0.313 e. The molecule has 0 amide bonds. The quantitative estimate of drug-likeness (QED) is 0.153. The molecule has 0 saturated carbocycles. The summed E-state index contributed by atoms with van der Waals surface area (Å²) in [5.41, 5.74) is 4.93.